The highest BCUT2D eigenvalue weighted by molar-refractivity contribution is 7.25. The normalized spacial score (nSPS) is 16.4. The van der Waals surface area contributed by atoms with Gasteiger partial charge in [0.1, 0.15) is 0 Å². The Kier molecular flexibility index (Phi) is 7.21. The molecule has 0 atom stereocenters. The molecular formula is C47H45NS. The van der Waals surface area contributed by atoms with E-state index in [2.05, 4.69) is 188 Å². The fourth-order valence-corrected chi connectivity index (χ4v) is 9.04. The first-order valence-corrected chi connectivity index (χ1v) is 18.4. The first kappa shape index (κ1) is 31.6. The molecular weight excluding hydrogens is 611 g/mol. The quantitative estimate of drug-likeness (QED) is 0.171. The lowest BCUT2D eigenvalue weighted by Crippen LogP contribution is -2.31. The summed E-state index contributed by atoms with van der Waals surface area (Å²) in [6.45, 7) is 18.5. The second kappa shape index (κ2) is 11.2. The minimum absolute atomic E-state index is 0.0525. The standard InChI is InChI=1S/C47H45NS/c1-9-10-11-14-34-25-32-17-21-35(29-38(32)46(34,5)6)48-41-22-18-31(30-19-24-44-37(26-30)36-15-12-13-16-43(36)49-44)27-39(41)47(7,8)40-28-33(45(2,3)4)20-23-42(40)48/h9-29H,1-8H3/b10-9-,14-11-. The van der Waals surface area contributed by atoms with Crippen molar-refractivity contribution in [1.82, 2.24) is 0 Å². The van der Waals surface area contributed by atoms with E-state index in [0.29, 0.717) is 0 Å². The molecule has 8 rings (SSSR count). The molecule has 0 saturated heterocycles. The van der Waals surface area contributed by atoms with Crippen LogP contribution >= 0.6 is 11.3 Å². The second-order valence-corrected chi connectivity index (χ2v) is 16.9. The van der Waals surface area contributed by atoms with Gasteiger partial charge in [0.2, 0.25) is 0 Å². The lowest BCUT2D eigenvalue weighted by Gasteiger charge is -2.43. The summed E-state index contributed by atoms with van der Waals surface area (Å²) in [5.74, 6) is 0. The Balaban J connectivity index is 1.30. The maximum Gasteiger partial charge on any atom is 0.0503 e. The van der Waals surface area contributed by atoms with E-state index in [9.17, 15) is 0 Å². The van der Waals surface area contributed by atoms with E-state index in [1.165, 1.54) is 81.8 Å². The van der Waals surface area contributed by atoms with Crippen LogP contribution in [-0.2, 0) is 16.2 Å². The molecule has 2 heteroatoms. The fourth-order valence-electron chi connectivity index (χ4n) is 7.95. The van der Waals surface area contributed by atoms with Crippen LogP contribution in [0.15, 0.2) is 127 Å². The average Bonchev–Trinajstić information content (AvgIpc) is 3.57. The predicted octanol–water partition coefficient (Wildman–Crippen LogP) is 13.9. The number of nitrogens with zero attached hydrogens (tertiary/aromatic N) is 1. The monoisotopic (exact) mass is 655 g/mol. The van der Waals surface area contributed by atoms with Crippen molar-refractivity contribution in [3.63, 3.8) is 0 Å². The third kappa shape index (κ3) is 5.03. The Hall–Kier alpha value is -4.66. The van der Waals surface area contributed by atoms with Crippen LogP contribution in [0, 0.1) is 0 Å². The van der Waals surface area contributed by atoms with Crippen molar-refractivity contribution in [2.24, 2.45) is 0 Å². The summed E-state index contributed by atoms with van der Waals surface area (Å²) in [4.78, 5) is 2.52. The van der Waals surface area contributed by atoms with Gasteiger partial charge in [-0.25, -0.2) is 0 Å². The van der Waals surface area contributed by atoms with Gasteiger partial charge in [-0.3, -0.25) is 0 Å². The van der Waals surface area contributed by atoms with Gasteiger partial charge in [-0.15, -0.1) is 11.3 Å². The molecule has 1 nitrogen and oxygen atoms in total. The molecule has 0 N–H and O–H groups in total. The average molecular weight is 656 g/mol. The topological polar surface area (TPSA) is 3.24 Å². The number of hydrogen-bond donors (Lipinski definition) is 0. The van der Waals surface area contributed by atoms with Crippen molar-refractivity contribution in [1.29, 1.82) is 0 Å². The largest absolute Gasteiger partial charge is 0.310 e. The van der Waals surface area contributed by atoms with Crippen LogP contribution in [0.5, 0.6) is 0 Å². The van der Waals surface area contributed by atoms with Gasteiger partial charge in [0.25, 0.3) is 0 Å². The molecule has 2 aliphatic rings. The number of rotatable bonds is 4. The molecule has 0 fully saturated rings. The van der Waals surface area contributed by atoms with Gasteiger partial charge in [-0.1, -0.05) is 127 Å². The van der Waals surface area contributed by atoms with Crippen LogP contribution in [0.25, 0.3) is 37.4 Å². The summed E-state index contributed by atoms with van der Waals surface area (Å²) >= 11 is 1.88. The molecule has 0 amide bonds. The Bertz CT molecular complexity index is 2380. The number of allylic oxidation sites excluding steroid dienone is 5. The third-order valence-electron chi connectivity index (χ3n) is 11.0. The molecule has 1 aromatic heterocycles. The molecule has 244 valence electrons. The Morgan fingerprint density at radius 2 is 1.33 bits per heavy atom. The zero-order valence-corrected chi connectivity index (χ0v) is 30.8. The molecule has 6 aromatic rings. The third-order valence-corrected chi connectivity index (χ3v) is 12.1. The van der Waals surface area contributed by atoms with Crippen LogP contribution in [0.3, 0.4) is 0 Å². The van der Waals surface area contributed by atoms with Gasteiger partial charge >= 0.3 is 0 Å². The number of benzene rings is 5. The van der Waals surface area contributed by atoms with Crippen LogP contribution < -0.4 is 4.90 Å². The Labute approximate surface area is 295 Å². The summed E-state index contributed by atoms with van der Waals surface area (Å²) in [5.41, 5.74) is 14.1. The first-order valence-electron chi connectivity index (χ1n) is 17.6. The highest BCUT2D eigenvalue weighted by Gasteiger charge is 2.39. The van der Waals surface area contributed by atoms with Crippen molar-refractivity contribution in [3.8, 4) is 11.1 Å². The smallest absolute Gasteiger partial charge is 0.0503 e. The molecule has 0 saturated carbocycles. The molecule has 0 spiro atoms. The zero-order chi connectivity index (χ0) is 34.3. The van der Waals surface area contributed by atoms with Crippen molar-refractivity contribution in [2.75, 3.05) is 4.90 Å². The summed E-state index contributed by atoms with van der Waals surface area (Å²) in [6, 6.07) is 37.2. The van der Waals surface area contributed by atoms with Gasteiger partial charge in [-0.2, -0.15) is 0 Å². The maximum atomic E-state index is 2.52. The van der Waals surface area contributed by atoms with Crippen molar-refractivity contribution in [3.05, 3.63) is 155 Å². The number of thiophene rings is 1. The van der Waals surface area contributed by atoms with Crippen molar-refractivity contribution < 1.29 is 0 Å². The van der Waals surface area contributed by atoms with Crippen LogP contribution in [-0.4, -0.2) is 0 Å². The maximum absolute atomic E-state index is 2.52. The summed E-state index contributed by atoms with van der Waals surface area (Å²) in [7, 11) is 0. The molecule has 0 radical (unpaired) electrons. The second-order valence-electron chi connectivity index (χ2n) is 15.9. The minimum Gasteiger partial charge on any atom is -0.310 e. The van der Waals surface area contributed by atoms with E-state index in [4.69, 9.17) is 0 Å². The van der Waals surface area contributed by atoms with Crippen LogP contribution in [0.1, 0.15) is 83.2 Å². The van der Waals surface area contributed by atoms with E-state index in [0.717, 1.165) is 0 Å². The lowest BCUT2D eigenvalue weighted by molar-refractivity contribution is 0.580. The first-order chi connectivity index (χ1) is 23.4. The summed E-state index contributed by atoms with van der Waals surface area (Å²) in [6.07, 6.45) is 11.0. The van der Waals surface area contributed by atoms with Gasteiger partial charge < -0.3 is 4.90 Å². The summed E-state index contributed by atoms with van der Waals surface area (Å²) in [5, 5.41) is 2.68. The van der Waals surface area contributed by atoms with Crippen molar-refractivity contribution in [2.45, 2.75) is 71.6 Å². The molecule has 0 bridgehead atoms. The molecule has 0 unspecified atom stereocenters. The fraction of sp³-hybridized carbons (Fsp3) is 0.234. The highest BCUT2D eigenvalue weighted by Crippen LogP contribution is 2.54. The SMILES string of the molecule is C/C=C\C=C/C1=Cc2ccc(N3c4ccc(-c5ccc6sc7ccccc7c6c5)cc4C(C)(C)c4cc(C(C)(C)C)ccc43)cc2C1(C)C. The van der Waals surface area contributed by atoms with E-state index >= 15 is 0 Å². The molecule has 2 heterocycles. The molecule has 49 heavy (non-hydrogen) atoms. The summed E-state index contributed by atoms with van der Waals surface area (Å²) < 4.78 is 2.68. The Morgan fingerprint density at radius 3 is 2.10 bits per heavy atom. The Morgan fingerprint density at radius 1 is 0.633 bits per heavy atom. The van der Waals surface area contributed by atoms with E-state index in [1.54, 1.807) is 0 Å². The van der Waals surface area contributed by atoms with E-state index in [-0.39, 0.29) is 16.2 Å². The number of hydrogen-bond acceptors (Lipinski definition) is 2. The van der Waals surface area contributed by atoms with Crippen molar-refractivity contribution >= 4 is 54.6 Å². The van der Waals surface area contributed by atoms with Gasteiger partial charge in [-0.05, 0) is 105 Å². The highest BCUT2D eigenvalue weighted by atomic mass is 32.1. The van der Waals surface area contributed by atoms with Gasteiger partial charge in [0.05, 0.1) is 11.4 Å². The lowest BCUT2D eigenvalue weighted by atomic mass is 9.71. The molecule has 5 aromatic carbocycles. The molecule has 1 aliphatic heterocycles. The van der Waals surface area contributed by atoms with Crippen LogP contribution in [0.4, 0.5) is 17.1 Å². The van der Waals surface area contributed by atoms with E-state index < -0.39 is 0 Å². The minimum atomic E-state index is -0.195. The van der Waals surface area contributed by atoms with Gasteiger partial charge in [0.15, 0.2) is 0 Å². The zero-order valence-electron chi connectivity index (χ0n) is 30.0. The van der Waals surface area contributed by atoms with Crippen LogP contribution in [0.2, 0.25) is 0 Å². The number of fused-ring (bicyclic) bond motifs is 6. The number of anilines is 3. The van der Waals surface area contributed by atoms with E-state index in [1.807, 2.05) is 11.3 Å². The van der Waals surface area contributed by atoms with Gasteiger partial charge in [0, 0.05) is 36.7 Å². The molecule has 1 aliphatic carbocycles. The predicted molar refractivity (Wildman–Crippen MR) is 215 cm³/mol.